The maximum atomic E-state index is 12.5. The van der Waals surface area contributed by atoms with E-state index in [4.69, 9.17) is 4.84 Å². The summed E-state index contributed by atoms with van der Waals surface area (Å²) in [5, 5.41) is 45.8. The zero-order valence-corrected chi connectivity index (χ0v) is 25.0. The van der Waals surface area contributed by atoms with Crippen LogP contribution in [0.3, 0.4) is 0 Å². The lowest BCUT2D eigenvalue weighted by Gasteiger charge is -2.58. The van der Waals surface area contributed by atoms with Crippen molar-refractivity contribution in [2.75, 3.05) is 6.61 Å². The van der Waals surface area contributed by atoms with Crippen LogP contribution in [0, 0.1) is 39.7 Å². The van der Waals surface area contributed by atoms with Gasteiger partial charge in [-0.05, 0) is 98.5 Å². The van der Waals surface area contributed by atoms with Crippen molar-refractivity contribution >= 4 is 29.1 Å². The maximum Gasteiger partial charge on any atom is 0.329 e. The highest BCUT2D eigenvalue weighted by Crippen LogP contribution is 2.66. The standard InChI is InChI=1S/C32H43N3O8/c1-18(36)24-9-10-25-23-8-7-20-16-21(11-13-31(20,2)26(23)12-14-32(24,25)3)34-43-17-27(37)33-28(30(39)40)29(38)19-5-4-6-22(15-19)35(41)42/h4-6,15-16,23-26,28-29,35,38,41H,7-14,17H2,1-3H3,(H,33,37)(H,39,40)/t23-,24+,25-,26+,28+,29-,31+,32-/m1/s1. The lowest BCUT2D eigenvalue weighted by molar-refractivity contribution is -0.991. The van der Waals surface area contributed by atoms with E-state index in [0.717, 1.165) is 56.7 Å². The first-order chi connectivity index (χ1) is 20.3. The number of Topliss-reactive ketones (excluding diaryl/α,β-unsaturated/α-hetero) is 1. The van der Waals surface area contributed by atoms with Crippen LogP contribution in [-0.4, -0.2) is 51.4 Å². The molecule has 0 saturated heterocycles. The number of aliphatic hydroxyl groups is 1. The Labute approximate surface area is 251 Å². The molecule has 1 unspecified atom stereocenters. The molecular formula is C32H43N3O8. The monoisotopic (exact) mass is 597 g/mol. The van der Waals surface area contributed by atoms with Crippen LogP contribution in [0.2, 0.25) is 0 Å². The fourth-order valence-corrected chi connectivity index (χ4v) is 9.02. The van der Waals surface area contributed by atoms with Crippen molar-refractivity contribution in [1.29, 1.82) is 0 Å². The molecule has 0 heterocycles. The third kappa shape index (κ3) is 5.87. The van der Waals surface area contributed by atoms with E-state index in [0.29, 0.717) is 30.0 Å². The fraction of sp³-hybridized carbons (Fsp3) is 0.625. The largest absolute Gasteiger partial charge is 0.595 e. The summed E-state index contributed by atoms with van der Waals surface area (Å²) in [6.07, 6.45) is 8.58. The van der Waals surface area contributed by atoms with E-state index in [2.05, 4.69) is 30.4 Å². The molecule has 1 aromatic rings. The van der Waals surface area contributed by atoms with Gasteiger partial charge < -0.3 is 25.6 Å². The summed E-state index contributed by atoms with van der Waals surface area (Å²) in [4.78, 5) is 42.0. The lowest BCUT2D eigenvalue weighted by Crippen LogP contribution is -2.99. The Morgan fingerprint density at radius 3 is 2.60 bits per heavy atom. The molecule has 3 saturated carbocycles. The van der Waals surface area contributed by atoms with E-state index >= 15 is 0 Å². The topological polar surface area (TPSA) is 173 Å². The highest BCUT2D eigenvalue weighted by atomic mass is 16.8. The van der Waals surface area contributed by atoms with Crippen molar-refractivity contribution in [3.8, 4) is 0 Å². The quantitative estimate of drug-likeness (QED) is 0.270. The number of carbonyl (C=O) groups excluding carboxylic acids is 2. The molecule has 3 fully saturated rings. The molecular weight excluding hydrogens is 554 g/mol. The summed E-state index contributed by atoms with van der Waals surface area (Å²) < 4.78 is 0. The summed E-state index contributed by atoms with van der Waals surface area (Å²) in [6.45, 7) is 5.97. The summed E-state index contributed by atoms with van der Waals surface area (Å²) in [5.74, 6) is 0.109. The summed E-state index contributed by atoms with van der Waals surface area (Å²) in [6, 6.07) is 3.56. The molecule has 1 aromatic carbocycles. The number of benzene rings is 1. The zero-order chi connectivity index (χ0) is 31.1. The number of hydrogen-bond acceptors (Lipinski definition) is 8. The molecule has 4 aliphatic rings. The zero-order valence-electron chi connectivity index (χ0n) is 25.0. The SMILES string of the molecule is CC(=O)[C@@H]1CC[C@@H]2[C@H]3CCC4=CC(=NOCC(=O)N[C@H](C(=O)O)[C@H](O)c5cccc([NH+]([O-])O)c5)CC[C@]4(C)[C@H]3CC[C@@]21C. The van der Waals surface area contributed by atoms with E-state index in [9.17, 15) is 35.0 Å². The van der Waals surface area contributed by atoms with E-state index in [1.54, 1.807) is 6.92 Å². The van der Waals surface area contributed by atoms with Crippen LogP contribution in [0.4, 0.5) is 5.69 Å². The van der Waals surface area contributed by atoms with Crippen LogP contribution in [0.25, 0.3) is 0 Å². The first-order valence-electron chi connectivity index (χ1n) is 15.3. The van der Waals surface area contributed by atoms with Gasteiger partial charge in [0.05, 0.1) is 5.71 Å². The van der Waals surface area contributed by atoms with Gasteiger partial charge in [-0.15, -0.1) is 0 Å². The number of carboxylic acid groups (broad SMARTS) is 1. The van der Waals surface area contributed by atoms with Crippen LogP contribution in [0.15, 0.2) is 41.1 Å². The van der Waals surface area contributed by atoms with Crippen LogP contribution in [0.5, 0.6) is 0 Å². The van der Waals surface area contributed by atoms with Crippen molar-refractivity contribution < 1.29 is 39.9 Å². The molecule has 0 aromatic heterocycles. The minimum Gasteiger partial charge on any atom is -0.595 e. The van der Waals surface area contributed by atoms with Crippen molar-refractivity contribution in [3.05, 3.63) is 46.7 Å². The van der Waals surface area contributed by atoms with Gasteiger partial charge in [0, 0.05) is 18.1 Å². The number of oxime groups is 1. The molecule has 0 bridgehead atoms. The average molecular weight is 598 g/mol. The molecule has 43 heavy (non-hydrogen) atoms. The number of nitrogens with zero attached hydrogens (tertiary/aromatic N) is 1. The first-order valence-corrected chi connectivity index (χ1v) is 15.3. The maximum absolute atomic E-state index is 12.5. The molecule has 11 heteroatoms. The Balaban J connectivity index is 1.20. The predicted molar refractivity (Wildman–Crippen MR) is 156 cm³/mol. The molecule has 0 radical (unpaired) electrons. The molecule has 9 atom stereocenters. The highest BCUT2D eigenvalue weighted by molar-refractivity contribution is 5.96. The number of aliphatic hydroxyl groups excluding tert-OH is 1. The molecule has 1 amide bonds. The molecule has 0 aliphatic heterocycles. The van der Waals surface area contributed by atoms with Crippen molar-refractivity contribution in [1.82, 2.24) is 5.32 Å². The number of aliphatic carboxylic acids is 1. The number of hydrogen-bond donors (Lipinski definition) is 5. The Morgan fingerprint density at radius 2 is 1.91 bits per heavy atom. The third-order valence-corrected chi connectivity index (χ3v) is 11.2. The molecule has 0 spiro atoms. The van der Waals surface area contributed by atoms with Crippen molar-refractivity contribution in [3.63, 3.8) is 0 Å². The second-order valence-corrected chi connectivity index (χ2v) is 13.4. The second-order valence-electron chi connectivity index (χ2n) is 13.4. The number of carbonyl (C=O) groups is 3. The van der Waals surface area contributed by atoms with Crippen LogP contribution >= 0.6 is 0 Å². The molecule has 234 valence electrons. The van der Waals surface area contributed by atoms with Gasteiger partial charge in [-0.1, -0.05) is 36.7 Å². The first kappa shape index (κ1) is 31.3. The van der Waals surface area contributed by atoms with E-state index in [1.165, 1.54) is 23.8 Å². The smallest absolute Gasteiger partial charge is 0.329 e. The molecule has 11 nitrogen and oxygen atoms in total. The molecule has 5 rings (SSSR count). The second kappa shape index (κ2) is 12.1. The van der Waals surface area contributed by atoms with Crippen LogP contribution in [-0.2, 0) is 19.2 Å². The number of amides is 1. The molecule has 5 N–H and O–H groups in total. The van der Waals surface area contributed by atoms with Gasteiger partial charge in [0.25, 0.3) is 5.91 Å². The van der Waals surface area contributed by atoms with Gasteiger partial charge in [-0.2, -0.15) is 5.23 Å². The normalized spacial score (nSPS) is 34.6. The number of nitrogens with one attached hydrogen (secondary N) is 2. The molecule has 4 aliphatic carbocycles. The minimum absolute atomic E-state index is 0.0505. The van der Waals surface area contributed by atoms with Gasteiger partial charge in [-0.25, -0.2) is 10.0 Å². The number of allylic oxidation sites excluding steroid dienone is 2. The van der Waals surface area contributed by atoms with Gasteiger partial charge in [-0.3, -0.25) is 9.59 Å². The average Bonchev–Trinajstić information content (AvgIpc) is 3.33. The van der Waals surface area contributed by atoms with Crippen molar-refractivity contribution in [2.45, 2.75) is 84.3 Å². The Hall–Kier alpha value is -3.12. The van der Waals surface area contributed by atoms with E-state index in [-0.39, 0.29) is 28.0 Å². The van der Waals surface area contributed by atoms with Gasteiger partial charge in [0.15, 0.2) is 18.3 Å². The predicted octanol–water partition coefficient (Wildman–Crippen LogP) is 3.23. The third-order valence-electron chi connectivity index (χ3n) is 11.2. The van der Waals surface area contributed by atoms with E-state index < -0.39 is 35.9 Å². The number of fused-ring (bicyclic) bond motifs is 5. The number of ketones is 1. The number of carboxylic acids is 1. The van der Waals surface area contributed by atoms with E-state index in [1.807, 2.05) is 0 Å². The Morgan fingerprint density at radius 1 is 1.14 bits per heavy atom. The lowest BCUT2D eigenvalue weighted by atomic mass is 9.46. The fourth-order valence-electron chi connectivity index (χ4n) is 9.02. The summed E-state index contributed by atoms with van der Waals surface area (Å²) >= 11 is 0. The van der Waals surface area contributed by atoms with Crippen molar-refractivity contribution in [2.24, 2.45) is 39.7 Å². The number of rotatable bonds is 9. The minimum atomic E-state index is -1.71. The summed E-state index contributed by atoms with van der Waals surface area (Å²) in [5.41, 5.74) is 2.26. The van der Waals surface area contributed by atoms with Crippen LogP contribution in [0.1, 0.15) is 83.8 Å². The Kier molecular flexibility index (Phi) is 8.82. The van der Waals surface area contributed by atoms with Crippen LogP contribution < -0.4 is 10.5 Å². The van der Waals surface area contributed by atoms with Gasteiger partial charge >= 0.3 is 5.97 Å². The summed E-state index contributed by atoms with van der Waals surface area (Å²) in [7, 11) is 0. The van der Waals surface area contributed by atoms with Gasteiger partial charge in [0.2, 0.25) is 0 Å². The van der Waals surface area contributed by atoms with Gasteiger partial charge in [0.1, 0.15) is 11.9 Å². The highest BCUT2D eigenvalue weighted by Gasteiger charge is 2.59. The number of quaternary nitrogens is 1. The Bertz CT molecular complexity index is 1330.